The van der Waals surface area contributed by atoms with E-state index < -0.39 is 17.9 Å². The minimum Gasteiger partial charge on any atom is -0.480 e. The lowest BCUT2D eigenvalue weighted by Crippen LogP contribution is -2.46. The minimum atomic E-state index is -1.04. The Morgan fingerprint density at radius 1 is 1.50 bits per heavy atom. The van der Waals surface area contributed by atoms with Crippen LogP contribution in [0.15, 0.2) is 0 Å². The number of hydrogen-bond acceptors (Lipinski definition) is 4. The van der Waals surface area contributed by atoms with Gasteiger partial charge in [0.25, 0.3) is 5.24 Å². The zero-order valence-electron chi connectivity index (χ0n) is 10.5. The second-order valence-corrected chi connectivity index (χ2v) is 5.67. The molecule has 0 aromatic heterocycles. The molecule has 0 saturated carbocycles. The van der Waals surface area contributed by atoms with Crippen molar-refractivity contribution in [2.24, 2.45) is 5.92 Å². The van der Waals surface area contributed by atoms with Crippen LogP contribution in [0.3, 0.4) is 0 Å². The molecule has 18 heavy (non-hydrogen) atoms. The maximum absolute atomic E-state index is 11.7. The first-order valence-corrected chi connectivity index (χ1v) is 6.82. The number of thioether (sulfide) groups is 1. The predicted molar refractivity (Wildman–Crippen MR) is 68.4 cm³/mol. The van der Waals surface area contributed by atoms with Gasteiger partial charge in [0.1, 0.15) is 12.6 Å². The van der Waals surface area contributed by atoms with E-state index in [1.165, 1.54) is 16.7 Å². The summed E-state index contributed by atoms with van der Waals surface area (Å²) in [6, 6.07) is -0.886. The number of carboxylic acids is 1. The zero-order chi connectivity index (χ0) is 13.7. The molecule has 0 radical (unpaired) electrons. The van der Waals surface area contributed by atoms with Gasteiger partial charge in [-0.3, -0.25) is 9.59 Å². The smallest absolute Gasteiger partial charge is 0.326 e. The van der Waals surface area contributed by atoms with Crippen molar-refractivity contribution in [2.75, 3.05) is 18.8 Å². The van der Waals surface area contributed by atoms with Crippen LogP contribution in [-0.4, -0.2) is 52.0 Å². The number of nitrogens with zero attached hydrogens (tertiary/aromatic N) is 1. The number of carboxylic acid groups (broad SMARTS) is 1. The van der Waals surface area contributed by atoms with Crippen LogP contribution >= 0.6 is 11.8 Å². The van der Waals surface area contributed by atoms with Gasteiger partial charge in [-0.1, -0.05) is 25.6 Å². The summed E-state index contributed by atoms with van der Waals surface area (Å²) in [7, 11) is 0. The van der Waals surface area contributed by atoms with Crippen LogP contribution in [0.25, 0.3) is 0 Å². The van der Waals surface area contributed by atoms with Crippen LogP contribution in [0.4, 0.5) is 4.79 Å². The Balaban J connectivity index is 2.45. The Hall–Kier alpha value is -1.24. The van der Waals surface area contributed by atoms with Crippen molar-refractivity contribution in [1.29, 1.82) is 0 Å². The number of aliphatic carboxylic acids is 1. The van der Waals surface area contributed by atoms with Gasteiger partial charge in [0.05, 0.1) is 0 Å². The summed E-state index contributed by atoms with van der Waals surface area (Å²) in [6.45, 7) is 4.26. The average Bonchev–Trinajstić information content (AvgIpc) is 2.62. The highest BCUT2D eigenvalue weighted by molar-refractivity contribution is 8.13. The SMILES string of the molecule is CC(C)C[C@@H](NC(=O)CN1CCSC1=O)C(=O)O. The van der Waals surface area contributed by atoms with Crippen LogP contribution < -0.4 is 5.32 Å². The molecule has 1 aliphatic rings. The highest BCUT2D eigenvalue weighted by Crippen LogP contribution is 2.16. The first-order chi connectivity index (χ1) is 8.40. The van der Waals surface area contributed by atoms with Crippen molar-refractivity contribution < 1.29 is 19.5 Å². The number of nitrogens with one attached hydrogen (secondary N) is 1. The van der Waals surface area contributed by atoms with Crippen LogP contribution in [0.1, 0.15) is 20.3 Å². The molecular formula is C11H18N2O4S. The molecular weight excluding hydrogens is 256 g/mol. The van der Waals surface area contributed by atoms with Crippen molar-refractivity contribution in [3.05, 3.63) is 0 Å². The summed E-state index contributed by atoms with van der Waals surface area (Å²) in [5.74, 6) is -0.603. The minimum absolute atomic E-state index is 0.0618. The third-order valence-electron chi connectivity index (χ3n) is 2.52. The molecule has 0 aromatic rings. The lowest BCUT2D eigenvalue weighted by Gasteiger charge is -2.19. The standard InChI is InChI=1S/C11H18N2O4S/c1-7(2)5-8(10(15)16)12-9(14)6-13-3-4-18-11(13)17/h7-8H,3-6H2,1-2H3,(H,12,14)(H,15,16)/t8-/m1/s1. The second-order valence-electron chi connectivity index (χ2n) is 4.62. The molecule has 1 saturated heterocycles. The molecule has 6 nitrogen and oxygen atoms in total. The highest BCUT2D eigenvalue weighted by atomic mass is 32.2. The van der Waals surface area contributed by atoms with E-state index in [-0.39, 0.29) is 17.7 Å². The van der Waals surface area contributed by atoms with E-state index in [9.17, 15) is 14.4 Å². The van der Waals surface area contributed by atoms with E-state index in [2.05, 4.69) is 5.32 Å². The van der Waals surface area contributed by atoms with Crippen LogP contribution in [0.2, 0.25) is 0 Å². The Labute approximate surface area is 110 Å². The molecule has 2 amide bonds. The molecule has 1 rings (SSSR count). The van der Waals surface area contributed by atoms with Gasteiger partial charge in [-0.2, -0.15) is 0 Å². The van der Waals surface area contributed by atoms with Crippen LogP contribution in [0, 0.1) is 5.92 Å². The fourth-order valence-corrected chi connectivity index (χ4v) is 2.50. The Bertz CT molecular complexity index is 346. The van der Waals surface area contributed by atoms with Gasteiger partial charge in [-0.05, 0) is 12.3 Å². The molecule has 0 unspecified atom stereocenters. The molecule has 1 fully saturated rings. The van der Waals surface area contributed by atoms with Gasteiger partial charge < -0.3 is 15.3 Å². The maximum Gasteiger partial charge on any atom is 0.326 e. The molecule has 102 valence electrons. The second kappa shape index (κ2) is 6.63. The summed E-state index contributed by atoms with van der Waals surface area (Å²) in [4.78, 5) is 35.4. The molecule has 7 heteroatoms. The zero-order valence-corrected chi connectivity index (χ0v) is 11.3. The van der Waals surface area contributed by atoms with Gasteiger partial charge in [0.2, 0.25) is 5.91 Å². The van der Waals surface area contributed by atoms with E-state index in [0.717, 1.165) is 0 Å². The maximum atomic E-state index is 11.7. The Kier molecular flexibility index (Phi) is 5.46. The van der Waals surface area contributed by atoms with E-state index in [1.807, 2.05) is 13.8 Å². The van der Waals surface area contributed by atoms with Gasteiger partial charge in [-0.15, -0.1) is 0 Å². The fraction of sp³-hybridized carbons (Fsp3) is 0.727. The lowest BCUT2D eigenvalue weighted by molar-refractivity contribution is -0.142. The summed E-state index contributed by atoms with van der Waals surface area (Å²) in [5, 5.41) is 11.3. The van der Waals surface area contributed by atoms with Crippen molar-refractivity contribution in [3.63, 3.8) is 0 Å². The third-order valence-corrected chi connectivity index (χ3v) is 3.41. The van der Waals surface area contributed by atoms with Gasteiger partial charge in [-0.25, -0.2) is 4.79 Å². The lowest BCUT2D eigenvalue weighted by atomic mass is 10.0. The number of hydrogen-bond donors (Lipinski definition) is 2. The topological polar surface area (TPSA) is 86.7 Å². The molecule has 1 heterocycles. The third kappa shape index (κ3) is 4.56. The summed E-state index contributed by atoms with van der Waals surface area (Å²) >= 11 is 1.17. The largest absolute Gasteiger partial charge is 0.480 e. The quantitative estimate of drug-likeness (QED) is 0.747. The normalized spacial score (nSPS) is 17.1. The summed E-state index contributed by atoms with van der Waals surface area (Å²) in [5.41, 5.74) is 0. The average molecular weight is 274 g/mol. The number of amides is 2. The molecule has 1 atom stereocenters. The van der Waals surface area contributed by atoms with E-state index in [4.69, 9.17) is 5.11 Å². The summed E-state index contributed by atoms with van der Waals surface area (Å²) in [6.07, 6.45) is 0.379. The van der Waals surface area contributed by atoms with Crippen molar-refractivity contribution in [2.45, 2.75) is 26.3 Å². The molecule has 0 aliphatic carbocycles. The van der Waals surface area contributed by atoms with Crippen LogP contribution in [-0.2, 0) is 9.59 Å². The van der Waals surface area contributed by atoms with Gasteiger partial charge >= 0.3 is 5.97 Å². The predicted octanol–water partition coefficient (Wildman–Crippen LogP) is 0.771. The molecule has 1 aliphatic heterocycles. The molecule has 2 N–H and O–H groups in total. The van der Waals surface area contributed by atoms with Crippen molar-refractivity contribution >= 4 is 28.9 Å². The first kappa shape index (κ1) is 14.8. The Morgan fingerprint density at radius 3 is 2.61 bits per heavy atom. The summed E-state index contributed by atoms with van der Waals surface area (Å²) < 4.78 is 0. The van der Waals surface area contributed by atoms with E-state index in [1.54, 1.807) is 0 Å². The molecule has 0 aromatic carbocycles. The molecule has 0 spiro atoms. The van der Waals surface area contributed by atoms with Crippen LogP contribution in [0.5, 0.6) is 0 Å². The van der Waals surface area contributed by atoms with E-state index >= 15 is 0 Å². The first-order valence-electron chi connectivity index (χ1n) is 5.84. The monoisotopic (exact) mass is 274 g/mol. The highest BCUT2D eigenvalue weighted by Gasteiger charge is 2.26. The Morgan fingerprint density at radius 2 is 2.17 bits per heavy atom. The number of carbonyl (C=O) groups excluding carboxylic acids is 2. The number of carbonyl (C=O) groups is 3. The number of rotatable bonds is 6. The fourth-order valence-electron chi connectivity index (χ4n) is 1.68. The van der Waals surface area contributed by atoms with Crippen molar-refractivity contribution in [3.8, 4) is 0 Å². The van der Waals surface area contributed by atoms with Gasteiger partial charge in [0.15, 0.2) is 0 Å². The van der Waals surface area contributed by atoms with E-state index in [0.29, 0.717) is 18.7 Å². The molecule has 0 bridgehead atoms. The van der Waals surface area contributed by atoms with Crippen molar-refractivity contribution in [1.82, 2.24) is 10.2 Å². The van der Waals surface area contributed by atoms with Gasteiger partial charge in [0, 0.05) is 12.3 Å².